The summed E-state index contributed by atoms with van der Waals surface area (Å²) >= 11 is 6.32. The van der Waals surface area contributed by atoms with E-state index in [-0.39, 0.29) is 34.3 Å². The number of nitrogens with zero attached hydrogens (tertiary/aromatic N) is 2. The number of non-ortho nitro benzene ring substituents is 2. The van der Waals surface area contributed by atoms with Crippen molar-refractivity contribution in [2.24, 2.45) is 5.92 Å². The first-order chi connectivity index (χ1) is 12.5. The van der Waals surface area contributed by atoms with E-state index < -0.39 is 9.85 Å². The van der Waals surface area contributed by atoms with Crippen LogP contribution in [0.3, 0.4) is 0 Å². The molecule has 0 unspecified atom stereocenters. The monoisotopic (exact) mass is 371 g/mol. The van der Waals surface area contributed by atoms with Crippen LogP contribution in [0.25, 0.3) is 0 Å². The Labute approximate surface area is 153 Å². The number of fused-ring (bicyclic) bond motifs is 3. The number of benzene rings is 2. The SMILES string of the molecule is O=[N+]([O-])c1cccc([C@@H]2Nc3c(Cl)cc([N+](=O)[O-])cc3[C@@H]3C=CC[C@@H]32)c1. The van der Waals surface area contributed by atoms with Gasteiger partial charge in [0.2, 0.25) is 0 Å². The van der Waals surface area contributed by atoms with Crippen molar-refractivity contribution < 1.29 is 9.85 Å². The summed E-state index contributed by atoms with van der Waals surface area (Å²) < 4.78 is 0. The molecule has 7 nitrogen and oxygen atoms in total. The van der Waals surface area contributed by atoms with Crippen molar-refractivity contribution in [3.63, 3.8) is 0 Å². The van der Waals surface area contributed by atoms with Crippen LogP contribution >= 0.6 is 11.6 Å². The van der Waals surface area contributed by atoms with Gasteiger partial charge in [0.15, 0.2) is 0 Å². The molecule has 0 radical (unpaired) electrons. The van der Waals surface area contributed by atoms with E-state index >= 15 is 0 Å². The topological polar surface area (TPSA) is 98.3 Å². The molecule has 0 fully saturated rings. The van der Waals surface area contributed by atoms with E-state index in [0.29, 0.717) is 5.69 Å². The molecule has 2 aromatic carbocycles. The number of nitro groups is 2. The minimum atomic E-state index is -0.452. The molecule has 0 amide bonds. The number of hydrogen-bond donors (Lipinski definition) is 1. The third kappa shape index (κ3) is 2.61. The molecule has 2 aliphatic rings. The third-order valence-corrected chi connectivity index (χ3v) is 5.35. The predicted molar refractivity (Wildman–Crippen MR) is 97.6 cm³/mol. The number of halogens is 1. The quantitative estimate of drug-likeness (QED) is 0.466. The lowest BCUT2D eigenvalue weighted by Gasteiger charge is -2.37. The highest BCUT2D eigenvalue weighted by molar-refractivity contribution is 6.33. The lowest BCUT2D eigenvalue weighted by molar-refractivity contribution is -0.385. The minimum Gasteiger partial charge on any atom is -0.376 e. The molecule has 0 spiro atoms. The Hall–Kier alpha value is -2.93. The second-order valence-electron chi connectivity index (χ2n) is 6.48. The molecule has 1 N–H and O–H groups in total. The number of rotatable bonds is 3. The number of anilines is 1. The van der Waals surface area contributed by atoms with Crippen LogP contribution in [0, 0.1) is 26.1 Å². The number of hydrogen-bond acceptors (Lipinski definition) is 5. The summed E-state index contributed by atoms with van der Waals surface area (Å²) in [4.78, 5) is 21.4. The summed E-state index contributed by atoms with van der Waals surface area (Å²) in [6, 6.07) is 9.27. The maximum atomic E-state index is 11.2. The Morgan fingerprint density at radius 1 is 1.08 bits per heavy atom. The molecular formula is C18H14ClN3O4. The molecular weight excluding hydrogens is 358 g/mol. The van der Waals surface area contributed by atoms with Gasteiger partial charge in [-0.3, -0.25) is 20.2 Å². The first kappa shape index (κ1) is 16.5. The van der Waals surface area contributed by atoms with E-state index in [9.17, 15) is 20.2 Å². The van der Waals surface area contributed by atoms with E-state index in [1.165, 1.54) is 12.1 Å². The molecule has 8 heteroatoms. The highest BCUT2D eigenvalue weighted by Crippen LogP contribution is 2.52. The Morgan fingerprint density at radius 3 is 2.58 bits per heavy atom. The molecule has 0 aromatic heterocycles. The van der Waals surface area contributed by atoms with Crippen LogP contribution in [0.15, 0.2) is 48.6 Å². The van der Waals surface area contributed by atoms with Crippen LogP contribution in [0.5, 0.6) is 0 Å². The van der Waals surface area contributed by atoms with Crippen molar-refractivity contribution in [1.82, 2.24) is 0 Å². The lowest BCUT2D eigenvalue weighted by atomic mass is 9.77. The van der Waals surface area contributed by atoms with Gasteiger partial charge in [0, 0.05) is 30.2 Å². The van der Waals surface area contributed by atoms with Gasteiger partial charge in [-0.1, -0.05) is 35.9 Å². The van der Waals surface area contributed by atoms with Crippen LogP contribution in [0.1, 0.15) is 29.5 Å². The molecule has 4 rings (SSSR count). The van der Waals surface area contributed by atoms with Gasteiger partial charge in [-0.2, -0.15) is 0 Å². The normalized spacial score (nSPS) is 23.0. The fourth-order valence-corrected chi connectivity index (χ4v) is 4.18. The van der Waals surface area contributed by atoms with E-state index in [0.717, 1.165) is 17.5 Å². The van der Waals surface area contributed by atoms with Gasteiger partial charge in [-0.25, -0.2) is 0 Å². The number of nitrogens with one attached hydrogen (secondary N) is 1. The first-order valence-corrected chi connectivity index (χ1v) is 8.49. The van der Waals surface area contributed by atoms with Crippen molar-refractivity contribution in [2.75, 3.05) is 5.32 Å². The van der Waals surface area contributed by atoms with Crippen LogP contribution in [0.4, 0.5) is 17.1 Å². The molecule has 0 bridgehead atoms. The zero-order chi connectivity index (χ0) is 18.4. The number of nitro benzene ring substituents is 2. The van der Waals surface area contributed by atoms with E-state index in [2.05, 4.69) is 5.32 Å². The predicted octanol–water partition coefficient (Wildman–Crippen LogP) is 4.98. The maximum absolute atomic E-state index is 11.2. The van der Waals surface area contributed by atoms with Crippen molar-refractivity contribution in [3.05, 3.63) is 84.9 Å². The average molecular weight is 372 g/mol. The largest absolute Gasteiger partial charge is 0.376 e. The zero-order valence-corrected chi connectivity index (χ0v) is 14.2. The Morgan fingerprint density at radius 2 is 1.85 bits per heavy atom. The molecule has 1 heterocycles. The Balaban J connectivity index is 1.81. The summed E-state index contributed by atoms with van der Waals surface area (Å²) in [5.74, 6) is 0.0930. The van der Waals surface area contributed by atoms with Crippen LogP contribution < -0.4 is 5.32 Å². The maximum Gasteiger partial charge on any atom is 0.271 e. The van der Waals surface area contributed by atoms with Crippen LogP contribution in [0.2, 0.25) is 5.02 Å². The summed E-state index contributed by atoms with van der Waals surface area (Å²) in [5.41, 5.74) is 2.25. The zero-order valence-electron chi connectivity index (χ0n) is 13.5. The van der Waals surface area contributed by atoms with Gasteiger partial charge < -0.3 is 5.32 Å². The molecule has 1 aliphatic heterocycles. The summed E-state index contributed by atoms with van der Waals surface area (Å²) in [6.45, 7) is 0. The number of allylic oxidation sites excluding steroid dienone is 2. The van der Waals surface area contributed by atoms with Crippen LogP contribution in [-0.4, -0.2) is 9.85 Å². The fourth-order valence-electron chi connectivity index (χ4n) is 3.91. The summed E-state index contributed by atoms with van der Waals surface area (Å²) in [7, 11) is 0. The van der Waals surface area contributed by atoms with Crippen molar-refractivity contribution in [1.29, 1.82) is 0 Å². The fraction of sp³-hybridized carbons (Fsp3) is 0.222. The molecule has 1 aliphatic carbocycles. The molecule has 0 saturated carbocycles. The molecule has 3 atom stereocenters. The van der Waals surface area contributed by atoms with Gasteiger partial charge in [0.25, 0.3) is 11.4 Å². The van der Waals surface area contributed by atoms with E-state index in [1.807, 2.05) is 18.2 Å². The second kappa shape index (κ2) is 6.10. The van der Waals surface area contributed by atoms with E-state index in [4.69, 9.17) is 11.6 Å². The standard InChI is InChI=1S/C18H14ClN3O4/c19-16-9-12(22(25)26)8-15-13-5-2-6-14(13)17(20-18(15)16)10-3-1-4-11(7-10)21(23)24/h1-5,7-9,13-14,17,20H,6H2/t13-,14+,17+/m1/s1. The van der Waals surface area contributed by atoms with Gasteiger partial charge in [0.1, 0.15) is 0 Å². The van der Waals surface area contributed by atoms with Gasteiger partial charge in [-0.15, -0.1) is 0 Å². The van der Waals surface area contributed by atoms with Crippen LogP contribution in [-0.2, 0) is 0 Å². The van der Waals surface area contributed by atoms with Gasteiger partial charge in [0.05, 0.1) is 26.6 Å². The summed E-state index contributed by atoms with van der Waals surface area (Å²) in [6.07, 6.45) is 4.86. The van der Waals surface area contributed by atoms with Crippen molar-refractivity contribution >= 4 is 28.7 Å². The Bertz CT molecular complexity index is 959. The molecule has 26 heavy (non-hydrogen) atoms. The van der Waals surface area contributed by atoms with Gasteiger partial charge in [-0.05, 0) is 23.5 Å². The smallest absolute Gasteiger partial charge is 0.271 e. The summed E-state index contributed by atoms with van der Waals surface area (Å²) in [5, 5.41) is 25.9. The highest BCUT2D eigenvalue weighted by atomic mass is 35.5. The third-order valence-electron chi connectivity index (χ3n) is 5.06. The first-order valence-electron chi connectivity index (χ1n) is 8.11. The molecule has 2 aromatic rings. The van der Waals surface area contributed by atoms with Crippen molar-refractivity contribution in [2.45, 2.75) is 18.4 Å². The average Bonchev–Trinajstić information content (AvgIpc) is 3.11. The molecule has 0 saturated heterocycles. The Kier molecular flexibility index (Phi) is 3.88. The van der Waals surface area contributed by atoms with Gasteiger partial charge >= 0.3 is 0 Å². The van der Waals surface area contributed by atoms with Crippen molar-refractivity contribution in [3.8, 4) is 0 Å². The highest BCUT2D eigenvalue weighted by Gasteiger charge is 2.40. The molecule has 132 valence electrons. The second-order valence-corrected chi connectivity index (χ2v) is 6.88. The minimum absolute atomic E-state index is 0.0205. The van der Waals surface area contributed by atoms with E-state index in [1.54, 1.807) is 18.2 Å². The lowest BCUT2D eigenvalue weighted by Crippen LogP contribution is -2.29.